The van der Waals surface area contributed by atoms with E-state index in [1.54, 1.807) is 6.20 Å². The van der Waals surface area contributed by atoms with Gasteiger partial charge in [-0.1, -0.05) is 53.2 Å². The van der Waals surface area contributed by atoms with E-state index in [0.717, 1.165) is 16.4 Å². The number of amides is 1. The largest absolute Gasteiger partial charge is 0.309 e. The summed E-state index contributed by atoms with van der Waals surface area (Å²) in [6.45, 7) is 2.03. The molecule has 0 aliphatic carbocycles. The summed E-state index contributed by atoms with van der Waals surface area (Å²) in [5.41, 5.74) is 2.16. The minimum atomic E-state index is -0.221. The van der Waals surface area contributed by atoms with Gasteiger partial charge >= 0.3 is 0 Å². The number of benzene rings is 1. The standard InChI is InChI=1S/C17H14Cl2N4OS/c1-11-4-2-3-5-14(11)23-7-6-20-17(23)25-10-15(24)22-16-13(19)8-12(18)9-21-16/h2-9H,10H2,1H3,(H,21,22,24). The van der Waals surface area contributed by atoms with Gasteiger partial charge in [0.2, 0.25) is 5.91 Å². The minimum Gasteiger partial charge on any atom is -0.309 e. The SMILES string of the molecule is Cc1ccccc1-n1ccnc1SCC(=O)Nc1ncc(Cl)cc1Cl. The first-order valence-corrected chi connectivity index (χ1v) is 9.12. The van der Waals surface area contributed by atoms with E-state index in [9.17, 15) is 4.79 Å². The third-order valence-electron chi connectivity index (χ3n) is 3.38. The normalized spacial score (nSPS) is 10.7. The predicted molar refractivity (Wildman–Crippen MR) is 102 cm³/mol. The molecule has 2 aromatic heterocycles. The fourth-order valence-corrected chi connectivity index (χ4v) is 3.41. The molecule has 1 aromatic carbocycles. The van der Waals surface area contributed by atoms with Crippen LogP contribution in [0.1, 0.15) is 5.56 Å². The molecule has 0 saturated heterocycles. The van der Waals surface area contributed by atoms with E-state index in [1.165, 1.54) is 24.0 Å². The third-order valence-corrected chi connectivity index (χ3v) is 4.84. The van der Waals surface area contributed by atoms with Crippen molar-refractivity contribution in [1.29, 1.82) is 0 Å². The summed E-state index contributed by atoms with van der Waals surface area (Å²) in [6.07, 6.45) is 5.02. The van der Waals surface area contributed by atoms with Crippen LogP contribution >= 0.6 is 35.0 Å². The van der Waals surface area contributed by atoms with Crippen molar-refractivity contribution in [3.63, 3.8) is 0 Å². The molecule has 0 saturated carbocycles. The number of pyridine rings is 1. The Balaban J connectivity index is 1.67. The molecule has 128 valence electrons. The Hall–Kier alpha value is -2.02. The number of nitrogens with one attached hydrogen (secondary N) is 1. The molecule has 0 fully saturated rings. The number of para-hydroxylation sites is 1. The molecular weight excluding hydrogens is 379 g/mol. The third kappa shape index (κ3) is 4.34. The summed E-state index contributed by atoms with van der Waals surface area (Å²) in [5, 5.41) is 4.12. The summed E-state index contributed by atoms with van der Waals surface area (Å²) in [7, 11) is 0. The molecule has 0 bridgehead atoms. The molecular formula is C17H14Cl2N4OS. The van der Waals surface area contributed by atoms with Crippen molar-refractivity contribution in [1.82, 2.24) is 14.5 Å². The molecule has 0 unspecified atom stereocenters. The molecule has 0 aliphatic rings. The summed E-state index contributed by atoms with van der Waals surface area (Å²) < 4.78 is 1.96. The van der Waals surface area contributed by atoms with Crippen LogP contribution in [-0.4, -0.2) is 26.2 Å². The van der Waals surface area contributed by atoms with E-state index in [0.29, 0.717) is 15.9 Å². The fraction of sp³-hybridized carbons (Fsp3) is 0.118. The number of nitrogens with zero attached hydrogens (tertiary/aromatic N) is 3. The van der Waals surface area contributed by atoms with Gasteiger partial charge in [-0.2, -0.15) is 0 Å². The van der Waals surface area contributed by atoms with E-state index in [2.05, 4.69) is 15.3 Å². The van der Waals surface area contributed by atoms with E-state index >= 15 is 0 Å². The zero-order valence-corrected chi connectivity index (χ0v) is 15.6. The average Bonchev–Trinajstić information content (AvgIpc) is 3.04. The molecule has 0 radical (unpaired) electrons. The first-order valence-electron chi connectivity index (χ1n) is 7.37. The van der Waals surface area contributed by atoms with Gasteiger partial charge in [0.05, 0.1) is 21.5 Å². The maximum atomic E-state index is 12.2. The van der Waals surface area contributed by atoms with Crippen LogP contribution in [0.2, 0.25) is 10.0 Å². The number of carbonyl (C=O) groups is 1. The quantitative estimate of drug-likeness (QED) is 0.643. The number of hydrogen-bond donors (Lipinski definition) is 1. The number of anilines is 1. The zero-order chi connectivity index (χ0) is 17.8. The Kier molecular flexibility index (Phi) is 5.63. The smallest absolute Gasteiger partial charge is 0.236 e. The van der Waals surface area contributed by atoms with Crippen LogP contribution in [0.4, 0.5) is 5.82 Å². The molecule has 1 N–H and O–H groups in total. The van der Waals surface area contributed by atoms with Crippen LogP contribution in [0.5, 0.6) is 0 Å². The van der Waals surface area contributed by atoms with Gasteiger partial charge in [0.15, 0.2) is 11.0 Å². The summed E-state index contributed by atoms with van der Waals surface area (Å²) in [4.78, 5) is 20.5. The number of aryl methyl sites for hydroxylation is 1. The highest BCUT2D eigenvalue weighted by Gasteiger charge is 2.12. The zero-order valence-electron chi connectivity index (χ0n) is 13.2. The second-order valence-electron chi connectivity index (χ2n) is 5.19. The van der Waals surface area contributed by atoms with Crippen molar-refractivity contribution >= 4 is 46.7 Å². The van der Waals surface area contributed by atoms with E-state index in [-0.39, 0.29) is 11.7 Å². The summed E-state index contributed by atoms with van der Waals surface area (Å²) >= 11 is 13.1. The van der Waals surface area contributed by atoms with Crippen molar-refractivity contribution in [3.8, 4) is 5.69 Å². The number of thioether (sulfide) groups is 1. The first-order chi connectivity index (χ1) is 12.0. The Morgan fingerprint density at radius 2 is 2.08 bits per heavy atom. The molecule has 8 heteroatoms. The number of aromatic nitrogens is 3. The minimum absolute atomic E-state index is 0.184. The van der Waals surface area contributed by atoms with Crippen LogP contribution in [-0.2, 0) is 4.79 Å². The van der Waals surface area contributed by atoms with Gasteiger partial charge in [-0.3, -0.25) is 9.36 Å². The van der Waals surface area contributed by atoms with Crippen molar-refractivity contribution < 1.29 is 4.79 Å². The fourth-order valence-electron chi connectivity index (χ4n) is 2.22. The number of rotatable bonds is 5. The highest BCUT2D eigenvalue weighted by Crippen LogP contribution is 2.25. The van der Waals surface area contributed by atoms with Gasteiger partial charge in [0, 0.05) is 18.6 Å². The maximum Gasteiger partial charge on any atom is 0.236 e. The van der Waals surface area contributed by atoms with E-state index in [4.69, 9.17) is 23.2 Å². The highest BCUT2D eigenvalue weighted by molar-refractivity contribution is 7.99. The van der Waals surface area contributed by atoms with Crippen molar-refractivity contribution in [2.75, 3.05) is 11.1 Å². The number of carbonyl (C=O) groups excluding carboxylic acids is 1. The lowest BCUT2D eigenvalue weighted by atomic mass is 10.2. The van der Waals surface area contributed by atoms with Gasteiger partial charge < -0.3 is 5.32 Å². The topological polar surface area (TPSA) is 59.8 Å². The molecule has 1 amide bonds. The monoisotopic (exact) mass is 392 g/mol. The Morgan fingerprint density at radius 1 is 1.28 bits per heavy atom. The predicted octanol–water partition coefficient (Wildman–Crippen LogP) is 4.61. The van der Waals surface area contributed by atoms with Gasteiger partial charge in [0.1, 0.15) is 0 Å². The molecule has 0 aliphatic heterocycles. The lowest BCUT2D eigenvalue weighted by Gasteiger charge is -2.10. The van der Waals surface area contributed by atoms with E-state index in [1.807, 2.05) is 42.0 Å². The van der Waals surface area contributed by atoms with E-state index < -0.39 is 0 Å². The molecule has 25 heavy (non-hydrogen) atoms. The molecule has 3 aromatic rings. The second kappa shape index (κ2) is 7.91. The van der Waals surface area contributed by atoms with Gasteiger partial charge in [-0.05, 0) is 24.6 Å². The van der Waals surface area contributed by atoms with Gasteiger partial charge in [0.25, 0.3) is 0 Å². The van der Waals surface area contributed by atoms with Crippen LogP contribution in [0.25, 0.3) is 5.69 Å². The van der Waals surface area contributed by atoms with Gasteiger partial charge in [-0.25, -0.2) is 9.97 Å². The molecule has 3 rings (SSSR count). The number of imidazole rings is 1. The Labute approximate surface area is 159 Å². The maximum absolute atomic E-state index is 12.2. The Morgan fingerprint density at radius 3 is 2.84 bits per heavy atom. The Bertz CT molecular complexity index is 913. The molecule has 5 nitrogen and oxygen atoms in total. The summed E-state index contributed by atoms with van der Waals surface area (Å²) in [5.74, 6) is 0.253. The van der Waals surface area contributed by atoms with Crippen molar-refractivity contribution in [2.45, 2.75) is 12.1 Å². The van der Waals surface area contributed by atoms with Crippen LogP contribution in [0, 0.1) is 6.92 Å². The van der Waals surface area contributed by atoms with Crippen molar-refractivity contribution in [3.05, 3.63) is 64.5 Å². The van der Waals surface area contributed by atoms with Crippen molar-refractivity contribution in [2.24, 2.45) is 0 Å². The molecule has 2 heterocycles. The molecule has 0 spiro atoms. The lowest BCUT2D eigenvalue weighted by molar-refractivity contribution is -0.113. The van der Waals surface area contributed by atoms with Crippen LogP contribution in [0.3, 0.4) is 0 Å². The highest BCUT2D eigenvalue weighted by atomic mass is 35.5. The number of hydrogen-bond acceptors (Lipinski definition) is 4. The van der Waals surface area contributed by atoms with Crippen LogP contribution < -0.4 is 5.32 Å². The first kappa shape index (κ1) is 17.8. The van der Waals surface area contributed by atoms with Crippen LogP contribution in [0.15, 0.2) is 54.1 Å². The molecule has 0 atom stereocenters. The summed E-state index contributed by atoms with van der Waals surface area (Å²) in [6, 6.07) is 9.53. The van der Waals surface area contributed by atoms with Gasteiger partial charge in [-0.15, -0.1) is 0 Å². The number of halogens is 2. The lowest BCUT2D eigenvalue weighted by Crippen LogP contribution is -2.15. The average molecular weight is 393 g/mol. The second-order valence-corrected chi connectivity index (χ2v) is 6.97.